The van der Waals surface area contributed by atoms with Gasteiger partial charge in [-0.15, -0.1) is 0 Å². The smallest absolute Gasteiger partial charge is 0.341 e. The summed E-state index contributed by atoms with van der Waals surface area (Å²) in [7, 11) is 3.80. The van der Waals surface area contributed by atoms with Crippen molar-refractivity contribution >= 4 is 22.7 Å². The molecule has 0 amide bonds. The van der Waals surface area contributed by atoms with Gasteiger partial charge in [0.05, 0.1) is 29.6 Å². The third kappa shape index (κ3) is 2.94. The summed E-state index contributed by atoms with van der Waals surface area (Å²) in [6.45, 7) is 5.79. The highest BCUT2D eigenvalue weighted by atomic mass is 16.5. The lowest BCUT2D eigenvalue weighted by Gasteiger charge is -2.22. The van der Waals surface area contributed by atoms with Crippen molar-refractivity contribution in [3.05, 3.63) is 35.4 Å². The zero-order valence-electron chi connectivity index (χ0n) is 16.1. The topological polar surface area (TPSA) is 78.1 Å². The summed E-state index contributed by atoms with van der Waals surface area (Å²) >= 11 is 0. The number of pyridine rings is 1. The third-order valence-corrected chi connectivity index (χ3v) is 5.20. The Morgan fingerprint density at radius 3 is 2.85 bits per heavy atom. The van der Waals surface area contributed by atoms with Crippen LogP contribution >= 0.6 is 0 Å². The van der Waals surface area contributed by atoms with Crippen LogP contribution in [0.25, 0.3) is 11.0 Å². The fourth-order valence-electron chi connectivity index (χ4n) is 3.97. The van der Waals surface area contributed by atoms with Gasteiger partial charge in [0, 0.05) is 45.5 Å². The van der Waals surface area contributed by atoms with Crippen LogP contribution in [0.3, 0.4) is 0 Å². The van der Waals surface area contributed by atoms with Gasteiger partial charge in [-0.2, -0.15) is 10.2 Å². The second kappa shape index (κ2) is 6.68. The molecule has 0 aliphatic carbocycles. The van der Waals surface area contributed by atoms with Gasteiger partial charge < -0.3 is 9.64 Å². The molecule has 1 fully saturated rings. The van der Waals surface area contributed by atoms with Gasteiger partial charge in [0.25, 0.3) is 0 Å². The van der Waals surface area contributed by atoms with Gasteiger partial charge in [0.1, 0.15) is 5.56 Å². The predicted molar refractivity (Wildman–Crippen MR) is 102 cm³/mol. The number of rotatable bonds is 4. The van der Waals surface area contributed by atoms with Crippen LogP contribution in [0.5, 0.6) is 0 Å². The highest BCUT2D eigenvalue weighted by molar-refractivity contribution is 6.05. The highest BCUT2D eigenvalue weighted by Gasteiger charge is 2.31. The van der Waals surface area contributed by atoms with Gasteiger partial charge in [-0.25, -0.2) is 9.78 Å². The summed E-state index contributed by atoms with van der Waals surface area (Å²) in [5.74, 6) is 0.0453. The van der Waals surface area contributed by atoms with E-state index in [-0.39, 0.29) is 5.97 Å². The standard InChI is InChI=1S/C19H24N6O2/c1-5-27-19(26)15-9-20-18-16(12(2)22-24(18)4)17(15)25-7-6-13(11-25)14-8-21-23(3)10-14/h8-10,13H,5-7,11H2,1-4H3. The number of carbonyl (C=O) groups excluding carboxylic acids is 1. The average Bonchev–Trinajstić information content (AvgIpc) is 3.34. The van der Waals surface area contributed by atoms with Crippen molar-refractivity contribution in [2.45, 2.75) is 26.2 Å². The normalized spacial score (nSPS) is 17.0. The van der Waals surface area contributed by atoms with E-state index in [4.69, 9.17) is 4.74 Å². The third-order valence-electron chi connectivity index (χ3n) is 5.20. The Balaban J connectivity index is 1.79. The van der Waals surface area contributed by atoms with Crippen molar-refractivity contribution in [3.8, 4) is 0 Å². The molecule has 27 heavy (non-hydrogen) atoms. The van der Waals surface area contributed by atoms with E-state index in [2.05, 4.69) is 26.3 Å². The van der Waals surface area contributed by atoms with E-state index in [1.165, 1.54) is 5.56 Å². The van der Waals surface area contributed by atoms with Crippen LogP contribution in [-0.4, -0.2) is 50.2 Å². The molecule has 3 aromatic rings. The highest BCUT2D eigenvalue weighted by Crippen LogP contribution is 2.37. The minimum Gasteiger partial charge on any atom is -0.462 e. The van der Waals surface area contributed by atoms with Crippen molar-refractivity contribution < 1.29 is 9.53 Å². The number of hydrogen-bond acceptors (Lipinski definition) is 6. The second-order valence-corrected chi connectivity index (χ2v) is 7.03. The quantitative estimate of drug-likeness (QED) is 0.657. The van der Waals surface area contributed by atoms with E-state index >= 15 is 0 Å². The Labute approximate surface area is 157 Å². The van der Waals surface area contributed by atoms with Crippen molar-refractivity contribution in [1.29, 1.82) is 0 Å². The molecule has 0 saturated carbocycles. The first-order chi connectivity index (χ1) is 13.0. The summed E-state index contributed by atoms with van der Waals surface area (Å²) in [4.78, 5) is 19.4. The molecule has 1 aliphatic heterocycles. The number of aromatic nitrogens is 5. The van der Waals surface area contributed by atoms with Crippen molar-refractivity contribution in [1.82, 2.24) is 24.5 Å². The molecule has 3 aromatic heterocycles. The molecule has 142 valence electrons. The molecule has 1 aliphatic rings. The van der Waals surface area contributed by atoms with Crippen molar-refractivity contribution in [3.63, 3.8) is 0 Å². The Kier molecular flexibility index (Phi) is 4.33. The molecule has 0 N–H and O–H groups in total. The van der Waals surface area contributed by atoms with E-state index in [1.807, 2.05) is 38.8 Å². The maximum Gasteiger partial charge on any atom is 0.341 e. The number of fused-ring (bicyclic) bond motifs is 1. The average molecular weight is 368 g/mol. The maximum atomic E-state index is 12.6. The van der Waals surface area contributed by atoms with E-state index in [1.54, 1.807) is 10.9 Å². The number of nitrogens with zero attached hydrogens (tertiary/aromatic N) is 6. The van der Waals surface area contributed by atoms with E-state index in [0.717, 1.165) is 41.9 Å². The number of anilines is 1. The molecule has 1 atom stereocenters. The van der Waals surface area contributed by atoms with Crippen LogP contribution in [0.2, 0.25) is 0 Å². The molecular formula is C19H24N6O2. The lowest BCUT2D eigenvalue weighted by atomic mass is 10.0. The lowest BCUT2D eigenvalue weighted by Crippen LogP contribution is -2.23. The fraction of sp³-hybridized carbons (Fsp3) is 0.474. The van der Waals surface area contributed by atoms with Crippen LogP contribution in [-0.2, 0) is 18.8 Å². The first-order valence-electron chi connectivity index (χ1n) is 9.22. The minimum atomic E-state index is -0.338. The van der Waals surface area contributed by atoms with Crippen LogP contribution < -0.4 is 4.90 Å². The number of aryl methyl sites for hydroxylation is 3. The molecule has 0 radical (unpaired) electrons. The summed E-state index contributed by atoms with van der Waals surface area (Å²) in [5, 5.41) is 9.73. The first kappa shape index (κ1) is 17.5. The van der Waals surface area contributed by atoms with Crippen LogP contribution in [0.1, 0.15) is 40.9 Å². The van der Waals surface area contributed by atoms with Gasteiger partial charge >= 0.3 is 5.97 Å². The SMILES string of the molecule is CCOC(=O)c1cnc2c(c(C)nn2C)c1N1CCC(c2cnn(C)c2)C1. The van der Waals surface area contributed by atoms with Crippen molar-refractivity contribution in [2.24, 2.45) is 14.1 Å². The molecule has 1 unspecified atom stereocenters. The Morgan fingerprint density at radius 2 is 2.15 bits per heavy atom. The largest absolute Gasteiger partial charge is 0.462 e. The summed E-state index contributed by atoms with van der Waals surface area (Å²) in [5.41, 5.74) is 4.26. The van der Waals surface area contributed by atoms with Gasteiger partial charge in [-0.3, -0.25) is 9.36 Å². The molecule has 0 aromatic carbocycles. The Bertz CT molecular complexity index is 1010. The zero-order chi connectivity index (χ0) is 19.1. The Morgan fingerprint density at radius 1 is 1.33 bits per heavy atom. The molecule has 0 bridgehead atoms. The molecule has 8 nitrogen and oxygen atoms in total. The maximum absolute atomic E-state index is 12.6. The van der Waals surface area contributed by atoms with Gasteiger partial charge in [-0.1, -0.05) is 0 Å². The van der Waals surface area contributed by atoms with Crippen LogP contribution in [0.4, 0.5) is 5.69 Å². The van der Waals surface area contributed by atoms with Gasteiger partial charge in [0.15, 0.2) is 5.65 Å². The summed E-state index contributed by atoms with van der Waals surface area (Å²) in [6, 6.07) is 0. The lowest BCUT2D eigenvalue weighted by molar-refractivity contribution is 0.0527. The van der Waals surface area contributed by atoms with Crippen LogP contribution in [0, 0.1) is 6.92 Å². The van der Waals surface area contributed by atoms with E-state index < -0.39 is 0 Å². The molecule has 0 spiro atoms. The minimum absolute atomic E-state index is 0.334. The van der Waals surface area contributed by atoms with E-state index in [0.29, 0.717) is 18.1 Å². The number of ether oxygens (including phenoxy) is 1. The van der Waals surface area contributed by atoms with Crippen molar-refractivity contribution in [2.75, 3.05) is 24.6 Å². The van der Waals surface area contributed by atoms with E-state index in [9.17, 15) is 4.79 Å². The summed E-state index contributed by atoms with van der Waals surface area (Å²) < 4.78 is 8.89. The summed E-state index contributed by atoms with van der Waals surface area (Å²) in [6.07, 6.45) is 6.63. The molecule has 4 rings (SSSR count). The Hall–Kier alpha value is -2.90. The van der Waals surface area contributed by atoms with Gasteiger partial charge in [0.2, 0.25) is 0 Å². The fourth-order valence-corrected chi connectivity index (χ4v) is 3.97. The second-order valence-electron chi connectivity index (χ2n) is 7.03. The first-order valence-corrected chi connectivity index (χ1v) is 9.22. The number of esters is 1. The molecule has 1 saturated heterocycles. The van der Waals surface area contributed by atoms with Gasteiger partial charge in [-0.05, 0) is 25.8 Å². The number of carbonyl (C=O) groups is 1. The number of hydrogen-bond donors (Lipinski definition) is 0. The zero-order valence-corrected chi connectivity index (χ0v) is 16.1. The molecule has 8 heteroatoms. The predicted octanol–water partition coefficient (Wildman–Crippen LogP) is 2.18. The molecular weight excluding hydrogens is 344 g/mol. The van der Waals surface area contributed by atoms with Crippen LogP contribution in [0.15, 0.2) is 18.6 Å². The monoisotopic (exact) mass is 368 g/mol. The molecule has 4 heterocycles.